The van der Waals surface area contributed by atoms with Crippen LogP contribution in [-0.2, 0) is 6.42 Å². The summed E-state index contributed by atoms with van der Waals surface area (Å²) in [5.41, 5.74) is 7.81. The van der Waals surface area contributed by atoms with Gasteiger partial charge in [0.1, 0.15) is 0 Å². The van der Waals surface area contributed by atoms with E-state index in [0.29, 0.717) is 5.41 Å². The average molecular weight is 209 g/mol. The topological polar surface area (TPSA) is 26.0 Å². The minimum Gasteiger partial charge on any atom is -0.330 e. The van der Waals surface area contributed by atoms with E-state index in [4.69, 9.17) is 5.73 Å². The lowest BCUT2D eigenvalue weighted by Crippen LogP contribution is -2.32. The molecule has 0 bridgehead atoms. The summed E-state index contributed by atoms with van der Waals surface area (Å²) in [6, 6.07) is 2.25. The molecule has 1 saturated carbocycles. The molecule has 0 atom stereocenters. The Morgan fingerprint density at radius 2 is 2.21 bits per heavy atom. The Labute approximate surface area is 90.3 Å². The number of thiophene rings is 1. The SMILES string of the molecule is NCCC1(CCc2ccsc2)CCC1. The predicted molar refractivity (Wildman–Crippen MR) is 62.6 cm³/mol. The van der Waals surface area contributed by atoms with Crippen molar-refractivity contribution < 1.29 is 0 Å². The van der Waals surface area contributed by atoms with Crippen molar-refractivity contribution in [2.45, 2.75) is 38.5 Å². The molecular formula is C12H19NS. The van der Waals surface area contributed by atoms with E-state index < -0.39 is 0 Å². The molecule has 0 aliphatic heterocycles. The van der Waals surface area contributed by atoms with Crippen molar-refractivity contribution in [2.75, 3.05) is 6.54 Å². The van der Waals surface area contributed by atoms with Crippen molar-refractivity contribution >= 4 is 11.3 Å². The minimum absolute atomic E-state index is 0.622. The molecule has 2 heteroatoms. The molecule has 0 aromatic carbocycles. The Kier molecular flexibility index (Phi) is 3.24. The largest absolute Gasteiger partial charge is 0.330 e. The second kappa shape index (κ2) is 4.45. The van der Waals surface area contributed by atoms with Gasteiger partial charge in [0.05, 0.1) is 0 Å². The van der Waals surface area contributed by atoms with E-state index in [0.717, 1.165) is 6.54 Å². The first-order chi connectivity index (χ1) is 6.85. The van der Waals surface area contributed by atoms with Gasteiger partial charge in [-0.15, -0.1) is 0 Å². The summed E-state index contributed by atoms with van der Waals surface area (Å²) in [7, 11) is 0. The van der Waals surface area contributed by atoms with E-state index in [1.54, 1.807) is 11.3 Å². The molecule has 1 aromatic rings. The Hall–Kier alpha value is -0.340. The van der Waals surface area contributed by atoms with Crippen molar-refractivity contribution in [1.82, 2.24) is 0 Å². The fourth-order valence-electron chi connectivity index (χ4n) is 2.45. The third-order valence-electron chi connectivity index (χ3n) is 3.61. The van der Waals surface area contributed by atoms with Crippen LogP contribution in [0, 0.1) is 5.41 Å². The molecule has 2 N–H and O–H groups in total. The number of hydrogen-bond donors (Lipinski definition) is 1. The fraction of sp³-hybridized carbons (Fsp3) is 0.667. The molecule has 2 rings (SSSR count). The van der Waals surface area contributed by atoms with Gasteiger partial charge in [0.2, 0.25) is 0 Å². The van der Waals surface area contributed by atoms with Gasteiger partial charge in [-0.1, -0.05) is 6.42 Å². The maximum absolute atomic E-state index is 5.68. The van der Waals surface area contributed by atoms with Gasteiger partial charge in [-0.05, 0) is 66.5 Å². The van der Waals surface area contributed by atoms with Gasteiger partial charge >= 0.3 is 0 Å². The molecule has 78 valence electrons. The zero-order valence-electron chi connectivity index (χ0n) is 8.67. The summed E-state index contributed by atoms with van der Waals surface area (Å²) in [5, 5.41) is 4.44. The molecule has 1 aromatic heterocycles. The van der Waals surface area contributed by atoms with Crippen LogP contribution in [0.15, 0.2) is 16.8 Å². The summed E-state index contributed by atoms with van der Waals surface area (Å²) >= 11 is 1.80. The number of hydrogen-bond acceptors (Lipinski definition) is 2. The zero-order valence-corrected chi connectivity index (χ0v) is 9.48. The van der Waals surface area contributed by atoms with Crippen LogP contribution >= 0.6 is 11.3 Å². The lowest BCUT2D eigenvalue weighted by Gasteiger charge is -2.42. The van der Waals surface area contributed by atoms with E-state index in [2.05, 4.69) is 16.8 Å². The molecule has 1 aliphatic carbocycles. The number of aryl methyl sites for hydroxylation is 1. The van der Waals surface area contributed by atoms with Crippen molar-refractivity contribution in [1.29, 1.82) is 0 Å². The van der Waals surface area contributed by atoms with Gasteiger partial charge in [0.15, 0.2) is 0 Å². The highest BCUT2D eigenvalue weighted by Crippen LogP contribution is 2.47. The van der Waals surface area contributed by atoms with Crippen molar-refractivity contribution in [3.63, 3.8) is 0 Å². The van der Waals surface area contributed by atoms with Crippen molar-refractivity contribution in [2.24, 2.45) is 11.1 Å². The Morgan fingerprint density at radius 3 is 2.71 bits per heavy atom. The van der Waals surface area contributed by atoms with Gasteiger partial charge in [-0.2, -0.15) is 11.3 Å². The van der Waals surface area contributed by atoms with Crippen LogP contribution in [-0.4, -0.2) is 6.54 Å². The van der Waals surface area contributed by atoms with E-state index >= 15 is 0 Å². The first kappa shape index (κ1) is 10.2. The third-order valence-corrected chi connectivity index (χ3v) is 4.35. The highest BCUT2D eigenvalue weighted by Gasteiger charge is 2.35. The summed E-state index contributed by atoms with van der Waals surface area (Å²) in [4.78, 5) is 0. The van der Waals surface area contributed by atoms with Crippen LogP contribution in [0.25, 0.3) is 0 Å². The Bertz CT molecular complexity index is 262. The average Bonchev–Trinajstić information content (AvgIpc) is 2.62. The highest BCUT2D eigenvalue weighted by atomic mass is 32.1. The molecule has 1 aliphatic rings. The molecule has 1 fully saturated rings. The number of nitrogens with two attached hydrogens (primary N) is 1. The van der Waals surface area contributed by atoms with Gasteiger partial charge in [-0.3, -0.25) is 0 Å². The first-order valence-electron chi connectivity index (χ1n) is 5.56. The van der Waals surface area contributed by atoms with Crippen LogP contribution in [0.1, 0.15) is 37.7 Å². The number of rotatable bonds is 5. The van der Waals surface area contributed by atoms with E-state index in [9.17, 15) is 0 Å². The monoisotopic (exact) mass is 209 g/mol. The molecular weight excluding hydrogens is 190 g/mol. The Morgan fingerprint density at radius 1 is 1.36 bits per heavy atom. The second-order valence-electron chi connectivity index (χ2n) is 4.52. The van der Waals surface area contributed by atoms with Crippen LogP contribution in [0.4, 0.5) is 0 Å². The summed E-state index contributed by atoms with van der Waals surface area (Å²) in [6.45, 7) is 0.865. The predicted octanol–water partition coefficient (Wildman–Crippen LogP) is 3.20. The standard InChI is InChI=1S/C12H19NS/c13-8-7-12(4-1-5-12)6-2-11-3-9-14-10-11/h3,9-10H,1-2,4-8,13H2. The normalized spacial score (nSPS) is 19.2. The van der Waals surface area contributed by atoms with E-state index in [1.807, 2.05) is 0 Å². The van der Waals surface area contributed by atoms with Gasteiger partial charge in [-0.25, -0.2) is 0 Å². The fourth-order valence-corrected chi connectivity index (χ4v) is 3.16. The quantitative estimate of drug-likeness (QED) is 0.792. The second-order valence-corrected chi connectivity index (χ2v) is 5.30. The van der Waals surface area contributed by atoms with Crippen LogP contribution in [0.5, 0.6) is 0 Å². The lowest BCUT2D eigenvalue weighted by molar-refractivity contribution is 0.110. The molecule has 0 saturated heterocycles. The molecule has 0 radical (unpaired) electrons. The maximum Gasteiger partial charge on any atom is -0.00613 e. The van der Waals surface area contributed by atoms with Crippen LogP contribution in [0.2, 0.25) is 0 Å². The molecule has 14 heavy (non-hydrogen) atoms. The summed E-state index contributed by atoms with van der Waals surface area (Å²) < 4.78 is 0. The molecule has 0 amide bonds. The first-order valence-corrected chi connectivity index (χ1v) is 6.50. The van der Waals surface area contributed by atoms with Gasteiger partial charge in [0.25, 0.3) is 0 Å². The molecule has 0 spiro atoms. The van der Waals surface area contributed by atoms with Crippen LogP contribution < -0.4 is 5.73 Å². The van der Waals surface area contributed by atoms with Crippen molar-refractivity contribution in [3.05, 3.63) is 22.4 Å². The van der Waals surface area contributed by atoms with E-state index in [-0.39, 0.29) is 0 Å². The molecule has 1 nitrogen and oxygen atoms in total. The minimum atomic E-state index is 0.622. The molecule has 0 unspecified atom stereocenters. The summed E-state index contributed by atoms with van der Waals surface area (Å²) in [5.74, 6) is 0. The zero-order chi connectivity index (χ0) is 9.86. The lowest BCUT2D eigenvalue weighted by atomic mass is 9.64. The Balaban J connectivity index is 1.83. The smallest absolute Gasteiger partial charge is 0.00613 e. The van der Waals surface area contributed by atoms with Gasteiger partial charge in [0, 0.05) is 0 Å². The van der Waals surface area contributed by atoms with Gasteiger partial charge < -0.3 is 5.73 Å². The van der Waals surface area contributed by atoms with Crippen LogP contribution in [0.3, 0.4) is 0 Å². The third kappa shape index (κ3) is 2.18. The molecule has 1 heterocycles. The summed E-state index contributed by atoms with van der Waals surface area (Å²) in [6.07, 6.45) is 8.08. The van der Waals surface area contributed by atoms with E-state index in [1.165, 1.54) is 44.1 Å². The maximum atomic E-state index is 5.68. The van der Waals surface area contributed by atoms with Crippen molar-refractivity contribution in [3.8, 4) is 0 Å². The highest BCUT2D eigenvalue weighted by molar-refractivity contribution is 7.07.